The van der Waals surface area contributed by atoms with Gasteiger partial charge in [0.15, 0.2) is 5.11 Å². The third-order valence-electron chi connectivity index (χ3n) is 5.63. The summed E-state index contributed by atoms with van der Waals surface area (Å²) in [6.07, 6.45) is 1.85. The van der Waals surface area contributed by atoms with E-state index in [9.17, 15) is 0 Å². The predicted octanol–water partition coefficient (Wildman–Crippen LogP) is 5.77. The second-order valence-electron chi connectivity index (χ2n) is 8.31. The number of aromatic nitrogens is 2. The van der Waals surface area contributed by atoms with Crippen molar-refractivity contribution in [1.29, 1.82) is 0 Å². The Kier molecular flexibility index (Phi) is 5.85. The highest BCUT2D eigenvalue weighted by atomic mass is 35.5. The van der Waals surface area contributed by atoms with E-state index in [4.69, 9.17) is 23.8 Å². The second kappa shape index (κ2) is 8.40. The summed E-state index contributed by atoms with van der Waals surface area (Å²) >= 11 is 11.9. The maximum Gasteiger partial charge on any atom is 0.170 e. The summed E-state index contributed by atoms with van der Waals surface area (Å²) < 4.78 is 2.29. The molecule has 1 N–H and O–H groups in total. The number of thiocarbonyl (C=S) groups is 1. The van der Waals surface area contributed by atoms with E-state index in [-0.39, 0.29) is 12.1 Å². The number of aryl methyl sites for hydroxylation is 1. The van der Waals surface area contributed by atoms with Crippen molar-refractivity contribution in [2.45, 2.75) is 39.8 Å². The number of benzene rings is 1. The third-order valence-corrected chi connectivity index (χ3v) is 6.24. The van der Waals surface area contributed by atoms with Crippen LogP contribution >= 0.6 is 23.8 Å². The van der Waals surface area contributed by atoms with Crippen LogP contribution in [0.2, 0.25) is 5.02 Å². The Morgan fingerprint density at radius 2 is 1.87 bits per heavy atom. The number of pyridine rings is 1. The van der Waals surface area contributed by atoms with Gasteiger partial charge in [-0.05, 0) is 80.0 Å². The zero-order valence-electron chi connectivity index (χ0n) is 17.8. The first kappa shape index (κ1) is 20.9. The predicted molar refractivity (Wildman–Crippen MR) is 127 cm³/mol. The number of rotatable bonds is 5. The summed E-state index contributed by atoms with van der Waals surface area (Å²) in [5.74, 6) is 0.495. The van der Waals surface area contributed by atoms with Crippen LogP contribution in [0.5, 0.6) is 0 Å². The molecule has 0 amide bonds. The SMILES string of the molecule is Cc1cc([C@@H]2[C@@H](c3ccccn3)NC(=S)N2CC(C)C)c(C)n1-c1ccc(Cl)cc1. The lowest BCUT2D eigenvalue weighted by Gasteiger charge is -2.29. The fourth-order valence-electron chi connectivity index (χ4n) is 4.41. The Hall–Kier alpha value is -2.37. The smallest absolute Gasteiger partial charge is 0.170 e. The highest BCUT2D eigenvalue weighted by molar-refractivity contribution is 7.80. The topological polar surface area (TPSA) is 33.1 Å². The summed E-state index contributed by atoms with van der Waals surface area (Å²) in [5.41, 5.74) is 5.78. The molecule has 4 nitrogen and oxygen atoms in total. The minimum Gasteiger partial charge on any atom is -0.352 e. The molecule has 6 heteroatoms. The normalized spacial score (nSPS) is 18.9. The molecule has 1 aromatic carbocycles. The summed E-state index contributed by atoms with van der Waals surface area (Å²) in [5, 5.41) is 5.08. The Bertz CT molecular complexity index is 1040. The Morgan fingerprint density at radius 3 is 2.50 bits per heavy atom. The molecule has 1 aliphatic rings. The van der Waals surface area contributed by atoms with E-state index in [1.54, 1.807) is 0 Å². The van der Waals surface area contributed by atoms with Crippen molar-refractivity contribution in [3.05, 3.63) is 82.4 Å². The highest BCUT2D eigenvalue weighted by Gasteiger charge is 2.41. The summed E-state index contributed by atoms with van der Waals surface area (Å²) in [7, 11) is 0. The molecule has 156 valence electrons. The van der Waals surface area contributed by atoms with Gasteiger partial charge in [0.25, 0.3) is 0 Å². The zero-order valence-corrected chi connectivity index (χ0v) is 19.3. The molecule has 2 atom stereocenters. The van der Waals surface area contributed by atoms with Crippen molar-refractivity contribution in [3.8, 4) is 5.69 Å². The van der Waals surface area contributed by atoms with Crippen LogP contribution in [0.15, 0.2) is 54.7 Å². The highest BCUT2D eigenvalue weighted by Crippen LogP contribution is 2.41. The molecule has 0 spiro atoms. The van der Waals surface area contributed by atoms with Gasteiger partial charge in [-0.1, -0.05) is 31.5 Å². The molecule has 0 saturated carbocycles. The van der Waals surface area contributed by atoms with Gasteiger partial charge in [0.2, 0.25) is 0 Å². The second-order valence-corrected chi connectivity index (χ2v) is 9.13. The van der Waals surface area contributed by atoms with Gasteiger partial charge in [0.1, 0.15) is 0 Å². The monoisotopic (exact) mass is 438 g/mol. The average Bonchev–Trinajstić information content (AvgIpc) is 3.19. The van der Waals surface area contributed by atoms with E-state index in [0.717, 1.165) is 28.1 Å². The standard InChI is InChI=1S/C24H27ClN4S/c1-15(2)14-28-23(22(27-24(28)30)21-7-5-6-12-26-21)20-13-16(3)29(17(20)4)19-10-8-18(25)9-11-19/h5-13,15,22-23H,14H2,1-4H3,(H,27,30)/t22-,23-/m1/s1. The molecular weight excluding hydrogens is 412 g/mol. The maximum atomic E-state index is 6.11. The van der Waals surface area contributed by atoms with Gasteiger partial charge < -0.3 is 14.8 Å². The summed E-state index contributed by atoms with van der Waals surface area (Å²) in [6.45, 7) is 9.68. The minimum absolute atomic E-state index is 0.0108. The quantitative estimate of drug-likeness (QED) is 0.512. The lowest BCUT2D eigenvalue weighted by Crippen LogP contribution is -2.33. The number of nitrogens with one attached hydrogen (secondary N) is 1. The van der Waals surface area contributed by atoms with Crippen LogP contribution in [-0.2, 0) is 0 Å². The first-order chi connectivity index (χ1) is 14.4. The molecule has 30 heavy (non-hydrogen) atoms. The number of halogens is 1. The molecule has 0 aliphatic carbocycles. The number of nitrogens with zero attached hydrogens (tertiary/aromatic N) is 3. The van der Waals surface area contributed by atoms with Gasteiger partial charge in [-0.25, -0.2) is 0 Å². The van der Waals surface area contributed by atoms with E-state index in [2.05, 4.69) is 71.7 Å². The molecule has 3 heterocycles. The lowest BCUT2D eigenvalue weighted by atomic mass is 9.96. The van der Waals surface area contributed by atoms with Crippen molar-refractivity contribution in [2.24, 2.45) is 5.92 Å². The molecule has 1 saturated heterocycles. The fraction of sp³-hybridized carbons (Fsp3) is 0.333. The van der Waals surface area contributed by atoms with E-state index in [0.29, 0.717) is 5.92 Å². The first-order valence-corrected chi connectivity index (χ1v) is 11.1. The molecule has 2 aromatic heterocycles. The average molecular weight is 439 g/mol. The van der Waals surface area contributed by atoms with Crippen LogP contribution in [-0.4, -0.2) is 26.1 Å². The van der Waals surface area contributed by atoms with Crippen molar-refractivity contribution in [1.82, 2.24) is 19.8 Å². The number of hydrogen-bond donors (Lipinski definition) is 1. The number of hydrogen-bond acceptors (Lipinski definition) is 2. The van der Waals surface area contributed by atoms with Crippen molar-refractivity contribution in [3.63, 3.8) is 0 Å². The van der Waals surface area contributed by atoms with Crippen LogP contribution in [0, 0.1) is 19.8 Å². The molecule has 0 radical (unpaired) electrons. The molecule has 1 aliphatic heterocycles. The largest absolute Gasteiger partial charge is 0.352 e. The van der Waals surface area contributed by atoms with Gasteiger partial charge in [-0.3, -0.25) is 4.98 Å². The van der Waals surface area contributed by atoms with Crippen LogP contribution in [0.3, 0.4) is 0 Å². The van der Waals surface area contributed by atoms with E-state index in [1.807, 2.05) is 30.5 Å². The molecule has 0 bridgehead atoms. The van der Waals surface area contributed by atoms with Crippen LogP contribution in [0.25, 0.3) is 5.69 Å². The van der Waals surface area contributed by atoms with Gasteiger partial charge in [-0.15, -0.1) is 0 Å². The van der Waals surface area contributed by atoms with Gasteiger partial charge in [0, 0.05) is 34.8 Å². The Labute approximate surface area is 188 Å². The van der Waals surface area contributed by atoms with Crippen molar-refractivity contribution >= 4 is 28.9 Å². The Morgan fingerprint density at radius 1 is 1.13 bits per heavy atom. The summed E-state index contributed by atoms with van der Waals surface area (Å²) in [4.78, 5) is 6.97. The van der Waals surface area contributed by atoms with Crippen LogP contribution in [0.4, 0.5) is 0 Å². The molecule has 0 unspecified atom stereocenters. The Balaban J connectivity index is 1.83. The molecule has 1 fully saturated rings. The maximum absolute atomic E-state index is 6.11. The lowest BCUT2D eigenvalue weighted by molar-refractivity contribution is 0.287. The van der Waals surface area contributed by atoms with Crippen LogP contribution < -0.4 is 5.32 Å². The van der Waals surface area contributed by atoms with E-state index >= 15 is 0 Å². The zero-order chi connectivity index (χ0) is 21.4. The van der Waals surface area contributed by atoms with Crippen LogP contribution in [0.1, 0.15) is 48.6 Å². The van der Waals surface area contributed by atoms with Crippen molar-refractivity contribution < 1.29 is 0 Å². The van der Waals surface area contributed by atoms with Gasteiger partial charge in [0.05, 0.1) is 17.8 Å². The third kappa shape index (κ3) is 3.84. The molecule has 3 aromatic rings. The fourth-order valence-corrected chi connectivity index (χ4v) is 4.85. The van der Waals surface area contributed by atoms with E-state index < -0.39 is 0 Å². The van der Waals surface area contributed by atoms with Crippen molar-refractivity contribution in [2.75, 3.05) is 6.54 Å². The first-order valence-electron chi connectivity index (χ1n) is 10.3. The summed E-state index contributed by atoms with van der Waals surface area (Å²) in [6, 6.07) is 16.4. The molecule has 4 rings (SSSR count). The van der Waals surface area contributed by atoms with Gasteiger partial charge in [-0.2, -0.15) is 0 Å². The minimum atomic E-state index is 0.0108. The van der Waals surface area contributed by atoms with Gasteiger partial charge >= 0.3 is 0 Å². The molecular formula is C24H27ClN4S. The van der Waals surface area contributed by atoms with E-state index in [1.165, 1.54) is 17.0 Å².